The molecule has 0 aliphatic heterocycles. The summed E-state index contributed by atoms with van der Waals surface area (Å²) in [6.07, 6.45) is -1.85. The molecule has 27 heavy (non-hydrogen) atoms. The van der Waals surface area contributed by atoms with Gasteiger partial charge in [0.1, 0.15) is 11.9 Å². The van der Waals surface area contributed by atoms with E-state index in [1.54, 1.807) is 20.3 Å². The molecule has 0 bridgehead atoms. The Balaban J connectivity index is 1.86. The molecule has 4 rings (SSSR count). The number of aliphatic hydroxyl groups is 3. The smallest absolute Gasteiger partial charge is 0.128 e. The molecule has 0 radical (unpaired) electrons. The van der Waals surface area contributed by atoms with E-state index in [9.17, 15) is 15.3 Å². The number of methoxy groups -OCH3 is 2. The minimum absolute atomic E-state index is 0.320. The summed E-state index contributed by atoms with van der Waals surface area (Å²) in [7, 11) is 3.12. The van der Waals surface area contributed by atoms with Crippen LogP contribution in [0.4, 0.5) is 0 Å². The van der Waals surface area contributed by atoms with Gasteiger partial charge in [-0.15, -0.1) is 0 Å². The zero-order valence-electron chi connectivity index (χ0n) is 15.4. The van der Waals surface area contributed by atoms with Gasteiger partial charge in [0.05, 0.1) is 36.8 Å². The fourth-order valence-corrected chi connectivity index (χ4v) is 4.69. The summed E-state index contributed by atoms with van der Waals surface area (Å²) in [4.78, 5) is 4.69. The standard InChI is InChI=1S/C21H25NO5/c1-26-15-9-12(23)8-13-17(15)21(25)19-18(20(13)24)16(27-2)10-14(22-19)11-6-4-3-5-7-11/h3-7,10,12-13,15,17,20-21,23-25H,8-9H2,1-2H3/t12?,13-,15+,17-,20-,21+/m1/s1. The molecule has 1 saturated carbocycles. The second-order valence-electron chi connectivity index (χ2n) is 7.40. The van der Waals surface area contributed by atoms with Gasteiger partial charge in [0.15, 0.2) is 0 Å². The maximum absolute atomic E-state index is 11.2. The average molecular weight is 371 g/mol. The quantitative estimate of drug-likeness (QED) is 0.766. The van der Waals surface area contributed by atoms with Crippen LogP contribution < -0.4 is 4.74 Å². The molecule has 0 amide bonds. The molecule has 1 aromatic carbocycles. The lowest BCUT2D eigenvalue weighted by atomic mass is 9.64. The first-order chi connectivity index (χ1) is 13.0. The molecular weight excluding hydrogens is 346 g/mol. The van der Waals surface area contributed by atoms with Crippen molar-refractivity contribution in [2.45, 2.75) is 37.3 Å². The Kier molecular flexibility index (Phi) is 4.90. The van der Waals surface area contributed by atoms with Gasteiger partial charge in [-0.3, -0.25) is 0 Å². The maximum atomic E-state index is 11.2. The van der Waals surface area contributed by atoms with Crippen molar-refractivity contribution in [2.75, 3.05) is 14.2 Å². The van der Waals surface area contributed by atoms with Gasteiger partial charge in [-0.25, -0.2) is 4.98 Å². The molecule has 6 atom stereocenters. The first-order valence-corrected chi connectivity index (χ1v) is 9.26. The predicted octanol–water partition coefficient (Wildman–Crippen LogP) is 2.24. The molecule has 1 fully saturated rings. The number of pyridine rings is 1. The van der Waals surface area contributed by atoms with E-state index in [2.05, 4.69) is 0 Å². The minimum Gasteiger partial charge on any atom is -0.496 e. The van der Waals surface area contributed by atoms with Crippen molar-refractivity contribution in [3.63, 3.8) is 0 Å². The van der Waals surface area contributed by atoms with E-state index in [4.69, 9.17) is 14.5 Å². The number of nitrogens with zero attached hydrogens (tertiary/aromatic N) is 1. The number of benzene rings is 1. The van der Waals surface area contributed by atoms with Crippen LogP contribution in [0.2, 0.25) is 0 Å². The number of hydrogen-bond donors (Lipinski definition) is 3. The zero-order chi connectivity index (χ0) is 19.1. The summed E-state index contributed by atoms with van der Waals surface area (Å²) >= 11 is 0. The van der Waals surface area contributed by atoms with Crippen LogP contribution in [0.15, 0.2) is 36.4 Å². The number of aromatic nitrogens is 1. The van der Waals surface area contributed by atoms with Gasteiger partial charge in [-0.2, -0.15) is 0 Å². The van der Waals surface area contributed by atoms with Crippen molar-refractivity contribution in [1.29, 1.82) is 0 Å². The van der Waals surface area contributed by atoms with Crippen molar-refractivity contribution in [2.24, 2.45) is 11.8 Å². The van der Waals surface area contributed by atoms with Crippen molar-refractivity contribution in [1.82, 2.24) is 4.98 Å². The third-order valence-corrected chi connectivity index (χ3v) is 5.96. The van der Waals surface area contributed by atoms with Gasteiger partial charge in [0.2, 0.25) is 0 Å². The molecular formula is C21H25NO5. The highest BCUT2D eigenvalue weighted by atomic mass is 16.5. The third-order valence-electron chi connectivity index (χ3n) is 5.96. The molecule has 6 nitrogen and oxygen atoms in total. The fraction of sp³-hybridized carbons (Fsp3) is 0.476. The van der Waals surface area contributed by atoms with Crippen LogP contribution in [-0.2, 0) is 4.74 Å². The lowest BCUT2D eigenvalue weighted by Gasteiger charge is -2.47. The Hall–Kier alpha value is -1.99. The molecule has 2 aromatic rings. The summed E-state index contributed by atoms with van der Waals surface area (Å²) in [5.74, 6) is -0.151. The Bertz CT molecular complexity index is 812. The largest absolute Gasteiger partial charge is 0.496 e. The Morgan fingerprint density at radius 2 is 1.74 bits per heavy atom. The highest BCUT2D eigenvalue weighted by Gasteiger charge is 2.51. The monoisotopic (exact) mass is 371 g/mol. The number of ether oxygens (including phenoxy) is 2. The SMILES string of the molecule is COc1cc(-c2ccccc2)nc2c1[C@H](O)[C@@H]1CC(O)C[C@H](OC)[C@@H]1[C@@H]2O. The van der Waals surface area contributed by atoms with Crippen molar-refractivity contribution < 1.29 is 24.8 Å². The molecule has 2 aliphatic rings. The van der Waals surface area contributed by atoms with E-state index >= 15 is 0 Å². The van der Waals surface area contributed by atoms with E-state index in [0.29, 0.717) is 35.5 Å². The number of aliphatic hydroxyl groups excluding tert-OH is 3. The molecule has 1 aromatic heterocycles. The second kappa shape index (κ2) is 7.20. The summed E-state index contributed by atoms with van der Waals surface area (Å²) in [6.45, 7) is 0. The van der Waals surface area contributed by atoms with Crippen LogP contribution in [0.5, 0.6) is 5.75 Å². The van der Waals surface area contributed by atoms with Gasteiger partial charge < -0.3 is 24.8 Å². The molecule has 1 unspecified atom stereocenters. The van der Waals surface area contributed by atoms with E-state index in [1.165, 1.54) is 0 Å². The molecule has 0 spiro atoms. The molecule has 144 valence electrons. The summed E-state index contributed by atoms with van der Waals surface area (Å²) in [5, 5.41) is 32.4. The average Bonchev–Trinajstić information content (AvgIpc) is 2.70. The zero-order valence-corrected chi connectivity index (χ0v) is 15.4. The second-order valence-corrected chi connectivity index (χ2v) is 7.40. The van der Waals surface area contributed by atoms with Gasteiger partial charge in [-0.05, 0) is 18.8 Å². The van der Waals surface area contributed by atoms with E-state index in [1.807, 2.05) is 30.3 Å². The first kappa shape index (κ1) is 18.4. The highest BCUT2D eigenvalue weighted by molar-refractivity contribution is 5.63. The molecule has 0 saturated heterocycles. The first-order valence-electron chi connectivity index (χ1n) is 9.26. The highest BCUT2D eigenvalue weighted by Crippen LogP contribution is 2.53. The number of hydrogen-bond acceptors (Lipinski definition) is 6. The van der Waals surface area contributed by atoms with Gasteiger partial charge in [0.25, 0.3) is 0 Å². The number of rotatable bonds is 3. The Labute approximate surface area is 158 Å². The Morgan fingerprint density at radius 1 is 1.00 bits per heavy atom. The molecule has 1 heterocycles. The van der Waals surface area contributed by atoms with E-state index in [-0.39, 0.29) is 17.9 Å². The van der Waals surface area contributed by atoms with Crippen LogP contribution in [0.3, 0.4) is 0 Å². The fourth-order valence-electron chi connectivity index (χ4n) is 4.69. The van der Waals surface area contributed by atoms with Gasteiger partial charge in [0, 0.05) is 30.2 Å². The van der Waals surface area contributed by atoms with Gasteiger partial charge >= 0.3 is 0 Å². The van der Waals surface area contributed by atoms with Crippen LogP contribution in [0.1, 0.15) is 36.3 Å². The summed E-state index contributed by atoms with van der Waals surface area (Å²) in [6, 6.07) is 11.5. The minimum atomic E-state index is -0.900. The molecule has 3 N–H and O–H groups in total. The summed E-state index contributed by atoms with van der Waals surface area (Å²) in [5.41, 5.74) is 2.53. The Morgan fingerprint density at radius 3 is 2.41 bits per heavy atom. The van der Waals surface area contributed by atoms with Crippen molar-refractivity contribution in [3.8, 4) is 17.0 Å². The predicted molar refractivity (Wildman–Crippen MR) is 99.2 cm³/mol. The maximum Gasteiger partial charge on any atom is 0.128 e. The van der Waals surface area contributed by atoms with Crippen LogP contribution >= 0.6 is 0 Å². The van der Waals surface area contributed by atoms with Crippen molar-refractivity contribution in [3.05, 3.63) is 47.7 Å². The van der Waals surface area contributed by atoms with Crippen LogP contribution in [0, 0.1) is 11.8 Å². The topological polar surface area (TPSA) is 92.0 Å². The lowest BCUT2D eigenvalue weighted by Crippen LogP contribution is -2.48. The van der Waals surface area contributed by atoms with Crippen LogP contribution in [-0.4, -0.2) is 46.7 Å². The van der Waals surface area contributed by atoms with Crippen LogP contribution in [0.25, 0.3) is 11.3 Å². The van der Waals surface area contributed by atoms with E-state index < -0.39 is 18.3 Å². The normalized spacial score (nSPS) is 32.5. The van der Waals surface area contributed by atoms with E-state index in [0.717, 1.165) is 5.56 Å². The van der Waals surface area contributed by atoms with Gasteiger partial charge in [-0.1, -0.05) is 30.3 Å². The van der Waals surface area contributed by atoms with Crippen molar-refractivity contribution >= 4 is 0 Å². The lowest BCUT2D eigenvalue weighted by molar-refractivity contribution is -0.137. The number of fused-ring (bicyclic) bond motifs is 2. The summed E-state index contributed by atoms with van der Waals surface area (Å²) < 4.78 is 11.1. The molecule has 2 aliphatic carbocycles. The third kappa shape index (κ3) is 3.02. The molecule has 6 heteroatoms.